The molecule has 0 atom stereocenters. The standard InChI is InChI=1S/C21H20N6O3S/c1-29-21(28)17-14-24-20(31-17)16-13-23-19(18-22-7-8-26(16)18)27(15-5-3-2-4-6-15)25-9-11-30-12-10-25/h2-8,13-14H,9-12H2,1H3. The average Bonchev–Trinajstić information content (AvgIpc) is 3.51. The van der Waals surface area contributed by atoms with Crippen molar-refractivity contribution in [2.24, 2.45) is 0 Å². The summed E-state index contributed by atoms with van der Waals surface area (Å²) in [6, 6.07) is 10.1. The number of benzene rings is 1. The molecule has 1 aliphatic heterocycles. The van der Waals surface area contributed by atoms with Gasteiger partial charge in [0.2, 0.25) is 0 Å². The van der Waals surface area contributed by atoms with Crippen LogP contribution in [0.4, 0.5) is 11.5 Å². The summed E-state index contributed by atoms with van der Waals surface area (Å²) in [5.41, 5.74) is 2.45. The Morgan fingerprint density at radius 2 is 1.94 bits per heavy atom. The van der Waals surface area contributed by atoms with Gasteiger partial charge < -0.3 is 9.47 Å². The van der Waals surface area contributed by atoms with E-state index in [9.17, 15) is 4.79 Å². The molecule has 0 spiro atoms. The van der Waals surface area contributed by atoms with Crippen molar-refractivity contribution >= 4 is 34.5 Å². The second-order valence-electron chi connectivity index (χ2n) is 6.82. The summed E-state index contributed by atoms with van der Waals surface area (Å²) in [4.78, 5) is 26.1. The van der Waals surface area contributed by atoms with E-state index < -0.39 is 5.97 Å². The number of hydrogen-bond donors (Lipinski definition) is 0. The molecule has 0 saturated carbocycles. The molecule has 1 aliphatic rings. The Balaban J connectivity index is 1.61. The Labute approximate surface area is 182 Å². The molecule has 5 rings (SSSR count). The Morgan fingerprint density at radius 1 is 1.13 bits per heavy atom. The van der Waals surface area contributed by atoms with Gasteiger partial charge in [0, 0.05) is 25.5 Å². The highest BCUT2D eigenvalue weighted by molar-refractivity contribution is 7.16. The van der Waals surface area contributed by atoms with Crippen LogP contribution in [0.1, 0.15) is 9.67 Å². The number of carbonyl (C=O) groups excluding carboxylic acids is 1. The molecule has 4 heterocycles. The van der Waals surface area contributed by atoms with Crippen LogP contribution in [-0.2, 0) is 9.47 Å². The molecule has 3 aromatic heterocycles. The van der Waals surface area contributed by atoms with E-state index in [-0.39, 0.29) is 0 Å². The Hall–Kier alpha value is -3.34. The first kappa shape index (κ1) is 19.6. The predicted molar refractivity (Wildman–Crippen MR) is 116 cm³/mol. The number of para-hydroxylation sites is 1. The summed E-state index contributed by atoms with van der Waals surface area (Å²) in [6.45, 7) is 2.81. The predicted octanol–water partition coefficient (Wildman–Crippen LogP) is 3.02. The lowest BCUT2D eigenvalue weighted by Crippen LogP contribution is -2.47. The topological polar surface area (TPSA) is 85.1 Å². The van der Waals surface area contributed by atoms with Crippen LogP contribution in [0.5, 0.6) is 0 Å². The van der Waals surface area contributed by atoms with Crippen LogP contribution in [-0.4, -0.2) is 63.7 Å². The van der Waals surface area contributed by atoms with Crippen molar-refractivity contribution in [2.45, 2.75) is 0 Å². The van der Waals surface area contributed by atoms with Crippen LogP contribution < -0.4 is 5.01 Å². The van der Waals surface area contributed by atoms with E-state index in [1.807, 2.05) is 40.9 Å². The smallest absolute Gasteiger partial charge is 0.349 e. The number of hydrogen-bond acceptors (Lipinski definition) is 9. The largest absolute Gasteiger partial charge is 0.465 e. The molecular formula is C21H20N6O3S. The molecule has 1 saturated heterocycles. The molecule has 1 aromatic carbocycles. The Kier molecular flexibility index (Phi) is 5.33. The van der Waals surface area contributed by atoms with Gasteiger partial charge in [-0.05, 0) is 12.1 Å². The van der Waals surface area contributed by atoms with Gasteiger partial charge >= 0.3 is 5.97 Å². The third kappa shape index (κ3) is 3.65. The number of aromatic nitrogens is 4. The number of imidazole rings is 1. The average molecular weight is 436 g/mol. The summed E-state index contributed by atoms with van der Waals surface area (Å²) in [7, 11) is 1.36. The van der Waals surface area contributed by atoms with Crippen LogP contribution in [0.15, 0.2) is 55.1 Å². The van der Waals surface area contributed by atoms with Gasteiger partial charge in [0.05, 0.1) is 38.4 Å². The zero-order valence-corrected chi connectivity index (χ0v) is 17.7. The van der Waals surface area contributed by atoms with Crippen LogP contribution in [0.3, 0.4) is 0 Å². The lowest BCUT2D eigenvalue weighted by molar-refractivity contribution is 0.0376. The number of thiazole rings is 1. The number of anilines is 2. The normalized spacial score (nSPS) is 14.6. The third-order valence-corrected chi connectivity index (χ3v) is 5.99. The number of rotatable bonds is 5. The maximum atomic E-state index is 11.8. The number of nitrogens with zero attached hydrogens (tertiary/aromatic N) is 6. The number of methoxy groups -OCH3 is 1. The molecule has 9 nitrogen and oxygen atoms in total. The highest BCUT2D eigenvalue weighted by Gasteiger charge is 2.26. The maximum absolute atomic E-state index is 11.8. The molecule has 1 fully saturated rings. The van der Waals surface area contributed by atoms with Gasteiger partial charge in [0.25, 0.3) is 0 Å². The number of carbonyl (C=O) groups is 1. The number of fused-ring (bicyclic) bond motifs is 1. The number of morpholine rings is 1. The van der Waals surface area contributed by atoms with Crippen molar-refractivity contribution in [3.63, 3.8) is 0 Å². The first-order valence-electron chi connectivity index (χ1n) is 9.80. The van der Waals surface area contributed by atoms with Gasteiger partial charge in [-0.3, -0.25) is 9.41 Å². The third-order valence-electron chi connectivity index (χ3n) is 4.99. The van der Waals surface area contributed by atoms with E-state index in [0.29, 0.717) is 34.6 Å². The highest BCUT2D eigenvalue weighted by atomic mass is 32.1. The van der Waals surface area contributed by atoms with E-state index in [1.54, 1.807) is 12.4 Å². The van der Waals surface area contributed by atoms with E-state index in [1.165, 1.54) is 24.6 Å². The van der Waals surface area contributed by atoms with E-state index >= 15 is 0 Å². The number of hydrazine groups is 1. The number of esters is 1. The van der Waals surface area contributed by atoms with E-state index in [0.717, 1.165) is 24.5 Å². The van der Waals surface area contributed by atoms with Gasteiger partial charge in [-0.15, -0.1) is 11.3 Å². The Bertz CT molecular complexity index is 1200. The van der Waals surface area contributed by atoms with Crippen LogP contribution in [0, 0.1) is 0 Å². The lowest BCUT2D eigenvalue weighted by atomic mass is 10.3. The molecule has 0 amide bonds. The van der Waals surface area contributed by atoms with Crippen LogP contribution >= 0.6 is 11.3 Å². The molecular weight excluding hydrogens is 416 g/mol. The van der Waals surface area contributed by atoms with E-state index in [4.69, 9.17) is 14.5 Å². The number of ether oxygens (including phenoxy) is 2. The fourth-order valence-corrected chi connectivity index (χ4v) is 4.38. The molecule has 0 aliphatic carbocycles. The first-order chi connectivity index (χ1) is 15.3. The van der Waals surface area contributed by atoms with Crippen molar-refractivity contribution in [3.05, 3.63) is 60.0 Å². The molecule has 4 aromatic rings. The van der Waals surface area contributed by atoms with Gasteiger partial charge in [0.1, 0.15) is 15.6 Å². The summed E-state index contributed by atoms with van der Waals surface area (Å²) < 4.78 is 12.3. The molecule has 10 heteroatoms. The molecule has 0 radical (unpaired) electrons. The van der Waals surface area contributed by atoms with Crippen LogP contribution in [0.25, 0.3) is 16.3 Å². The molecule has 158 valence electrons. The monoisotopic (exact) mass is 436 g/mol. The SMILES string of the molecule is COC(=O)c1cnc(-c2cnc(N(c3ccccc3)N3CCOCC3)c3nccn23)s1. The van der Waals surface area contributed by atoms with Crippen molar-refractivity contribution in [1.82, 2.24) is 24.4 Å². The van der Waals surface area contributed by atoms with Crippen molar-refractivity contribution in [2.75, 3.05) is 38.4 Å². The Morgan fingerprint density at radius 3 is 2.71 bits per heavy atom. The second-order valence-corrected chi connectivity index (χ2v) is 7.85. The minimum absolute atomic E-state index is 0.405. The second kappa shape index (κ2) is 8.42. The molecule has 0 N–H and O–H groups in total. The summed E-state index contributed by atoms with van der Waals surface area (Å²) >= 11 is 1.26. The fourth-order valence-electron chi connectivity index (χ4n) is 3.54. The molecule has 31 heavy (non-hydrogen) atoms. The maximum Gasteiger partial charge on any atom is 0.349 e. The van der Waals surface area contributed by atoms with Crippen molar-refractivity contribution in [3.8, 4) is 10.7 Å². The fraction of sp³-hybridized carbons (Fsp3) is 0.238. The van der Waals surface area contributed by atoms with E-state index in [2.05, 4.69) is 20.0 Å². The van der Waals surface area contributed by atoms with Gasteiger partial charge in [0.15, 0.2) is 11.5 Å². The summed E-state index contributed by atoms with van der Waals surface area (Å²) in [6.07, 6.45) is 6.89. The molecule has 0 bridgehead atoms. The van der Waals surface area contributed by atoms with Crippen molar-refractivity contribution in [1.29, 1.82) is 0 Å². The molecule has 0 unspecified atom stereocenters. The van der Waals surface area contributed by atoms with Crippen molar-refractivity contribution < 1.29 is 14.3 Å². The lowest BCUT2D eigenvalue weighted by Gasteiger charge is -2.38. The van der Waals surface area contributed by atoms with Gasteiger partial charge in [-0.2, -0.15) is 0 Å². The quantitative estimate of drug-likeness (QED) is 0.442. The van der Waals surface area contributed by atoms with Gasteiger partial charge in [-0.1, -0.05) is 18.2 Å². The summed E-state index contributed by atoms with van der Waals surface area (Å²) in [5.74, 6) is 0.310. The minimum Gasteiger partial charge on any atom is -0.465 e. The van der Waals surface area contributed by atoms with Crippen LogP contribution in [0.2, 0.25) is 0 Å². The minimum atomic E-state index is -0.405. The first-order valence-corrected chi connectivity index (χ1v) is 10.6. The zero-order valence-electron chi connectivity index (χ0n) is 16.8. The summed E-state index contributed by atoms with van der Waals surface area (Å²) in [5, 5.41) is 4.98. The zero-order chi connectivity index (χ0) is 21.2. The highest BCUT2D eigenvalue weighted by Crippen LogP contribution is 2.33. The van der Waals surface area contributed by atoms with Gasteiger partial charge in [-0.25, -0.2) is 24.8 Å².